The number of carbonyl (C=O) groups is 2. The number of ether oxygens (including phenoxy) is 5. The molecule has 0 amide bonds. The van der Waals surface area contributed by atoms with Crippen LogP contribution in [0.25, 0.3) is 0 Å². The minimum atomic E-state index is -0.848. The summed E-state index contributed by atoms with van der Waals surface area (Å²) in [5.74, 6) is 1.60. The Morgan fingerprint density at radius 3 is 1.81 bits per heavy atom. The molecule has 1 N–H and O–H groups in total. The molecule has 4 rings (SSSR count). The van der Waals surface area contributed by atoms with Crippen LogP contribution in [0.1, 0.15) is 11.1 Å². The van der Waals surface area contributed by atoms with Crippen LogP contribution in [-0.4, -0.2) is 37.7 Å². The Hall–Kier alpha value is -3.42. The van der Waals surface area contributed by atoms with Crippen molar-refractivity contribution in [2.45, 2.75) is 12.8 Å². The standard InChI is InChI=1S/C10H10O4.C9H8O4/c1-12-10(11)5-7-2-3-8-9(4-7)14-6-13-8;10-9(11)4-6-1-2-7-8(3-6)13-5-12-7/h2-4H,5-6H2,1H3;1-3H,4-5H2,(H,10,11). The monoisotopic (exact) mass is 374 g/mol. The molecule has 0 radical (unpaired) electrons. The van der Waals surface area contributed by atoms with Gasteiger partial charge in [0.15, 0.2) is 23.0 Å². The van der Waals surface area contributed by atoms with E-state index in [4.69, 9.17) is 24.1 Å². The van der Waals surface area contributed by atoms with Crippen molar-refractivity contribution in [1.82, 2.24) is 0 Å². The van der Waals surface area contributed by atoms with E-state index in [1.54, 1.807) is 30.3 Å². The van der Waals surface area contributed by atoms with Gasteiger partial charge in [-0.1, -0.05) is 12.1 Å². The van der Waals surface area contributed by atoms with E-state index >= 15 is 0 Å². The fraction of sp³-hybridized carbons (Fsp3) is 0.263. The van der Waals surface area contributed by atoms with E-state index in [2.05, 4.69) is 4.74 Å². The van der Waals surface area contributed by atoms with E-state index in [9.17, 15) is 9.59 Å². The second-order valence-electron chi connectivity index (χ2n) is 5.70. The van der Waals surface area contributed by atoms with Crippen molar-refractivity contribution < 1.29 is 38.4 Å². The van der Waals surface area contributed by atoms with Crippen LogP contribution < -0.4 is 18.9 Å². The highest BCUT2D eigenvalue weighted by atomic mass is 16.7. The van der Waals surface area contributed by atoms with Crippen LogP contribution in [0.2, 0.25) is 0 Å². The Morgan fingerprint density at radius 2 is 1.33 bits per heavy atom. The van der Waals surface area contributed by atoms with E-state index < -0.39 is 5.97 Å². The molecule has 2 aliphatic heterocycles. The summed E-state index contributed by atoms with van der Waals surface area (Å²) >= 11 is 0. The zero-order valence-electron chi connectivity index (χ0n) is 14.6. The molecular weight excluding hydrogens is 356 g/mol. The van der Waals surface area contributed by atoms with Gasteiger partial charge in [0.2, 0.25) is 13.6 Å². The zero-order valence-corrected chi connectivity index (χ0v) is 14.6. The van der Waals surface area contributed by atoms with Gasteiger partial charge < -0.3 is 28.8 Å². The van der Waals surface area contributed by atoms with Gasteiger partial charge in [0, 0.05) is 0 Å². The van der Waals surface area contributed by atoms with Gasteiger partial charge in [-0.15, -0.1) is 0 Å². The molecule has 0 spiro atoms. The van der Waals surface area contributed by atoms with Gasteiger partial charge in [0.05, 0.1) is 20.0 Å². The molecule has 0 bridgehead atoms. The third kappa shape index (κ3) is 4.81. The van der Waals surface area contributed by atoms with E-state index in [-0.39, 0.29) is 32.4 Å². The average molecular weight is 374 g/mol. The highest BCUT2D eigenvalue weighted by Crippen LogP contribution is 2.33. The van der Waals surface area contributed by atoms with Gasteiger partial charge in [0.25, 0.3) is 0 Å². The summed E-state index contributed by atoms with van der Waals surface area (Å²) in [4.78, 5) is 21.4. The Morgan fingerprint density at radius 1 is 0.852 bits per heavy atom. The fourth-order valence-electron chi connectivity index (χ4n) is 2.52. The molecule has 0 aromatic heterocycles. The smallest absolute Gasteiger partial charge is 0.309 e. The van der Waals surface area contributed by atoms with E-state index in [1.165, 1.54) is 7.11 Å². The average Bonchev–Trinajstić information content (AvgIpc) is 3.29. The molecule has 0 atom stereocenters. The number of hydrogen-bond acceptors (Lipinski definition) is 7. The molecule has 0 saturated carbocycles. The first kappa shape index (κ1) is 18.4. The van der Waals surface area contributed by atoms with Gasteiger partial charge >= 0.3 is 11.9 Å². The molecule has 0 unspecified atom stereocenters. The minimum Gasteiger partial charge on any atom is -0.481 e. The van der Waals surface area contributed by atoms with Crippen molar-refractivity contribution in [3.05, 3.63) is 47.5 Å². The molecule has 142 valence electrons. The number of methoxy groups -OCH3 is 1. The molecule has 2 aromatic carbocycles. The molecule has 2 aromatic rings. The SMILES string of the molecule is COC(=O)Cc1ccc2c(c1)OCO2.O=C(O)Cc1ccc2c(c1)OCO2. The Bertz CT molecular complexity index is 846. The number of rotatable bonds is 4. The fourth-order valence-corrected chi connectivity index (χ4v) is 2.52. The third-order valence-corrected chi connectivity index (χ3v) is 3.81. The molecule has 0 saturated heterocycles. The van der Waals surface area contributed by atoms with E-state index in [1.807, 2.05) is 6.07 Å². The number of carbonyl (C=O) groups excluding carboxylic acids is 1. The minimum absolute atomic E-state index is 0.0106. The normalized spacial score (nSPS) is 12.8. The predicted molar refractivity (Wildman–Crippen MR) is 92.2 cm³/mol. The maximum atomic E-state index is 11.0. The third-order valence-electron chi connectivity index (χ3n) is 3.81. The van der Waals surface area contributed by atoms with Crippen molar-refractivity contribution in [1.29, 1.82) is 0 Å². The van der Waals surface area contributed by atoms with Crippen molar-refractivity contribution in [3.63, 3.8) is 0 Å². The lowest BCUT2D eigenvalue weighted by molar-refractivity contribution is -0.140. The number of carboxylic acids is 1. The number of fused-ring (bicyclic) bond motifs is 2. The van der Waals surface area contributed by atoms with Crippen molar-refractivity contribution in [2.75, 3.05) is 20.7 Å². The van der Waals surface area contributed by atoms with Crippen molar-refractivity contribution in [3.8, 4) is 23.0 Å². The second kappa shape index (κ2) is 8.31. The first-order chi connectivity index (χ1) is 13.0. The lowest BCUT2D eigenvalue weighted by atomic mass is 10.1. The molecular formula is C19H18O8. The van der Waals surface area contributed by atoms with Crippen molar-refractivity contribution >= 4 is 11.9 Å². The second-order valence-corrected chi connectivity index (χ2v) is 5.70. The number of aliphatic carboxylic acids is 1. The van der Waals surface area contributed by atoms with Crippen LogP contribution >= 0.6 is 0 Å². The van der Waals surface area contributed by atoms with E-state index in [0.29, 0.717) is 17.2 Å². The first-order valence-corrected chi connectivity index (χ1v) is 8.11. The summed E-state index contributed by atoms with van der Waals surface area (Å²) < 4.78 is 25.1. The lowest BCUT2D eigenvalue weighted by Gasteiger charge is -2.01. The van der Waals surface area contributed by atoms with Gasteiger partial charge in [0.1, 0.15) is 0 Å². The van der Waals surface area contributed by atoms with Gasteiger partial charge in [-0.2, -0.15) is 0 Å². The predicted octanol–water partition coefficient (Wildman–Crippen LogP) is 2.17. The topological polar surface area (TPSA) is 101 Å². The highest BCUT2D eigenvalue weighted by molar-refractivity contribution is 5.72. The van der Waals surface area contributed by atoms with Crippen LogP contribution in [0.5, 0.6) is 23.0 Å². The van der Waals surface area contributed by atoms with Crippen LogP contribution in [0.15, 0.2) is 36.4 Å². The molecule has 0 fully saturated rings. The first-order valence-electron chi connectivity index (χ1n) is 8.11. The van der Waals surface area contributed by atoms with Crippen LogP contribution in [0, 0.1) is 0 Å². The Kier molecular flexibility index (Phi) is 5.65. The van der Waals surface area contributed by atoms with Crippen LogP contribution in [0.3, 0.4) is 0 Å². The molecule has 2 aliphatic rings. The molecule has 2 heterocycles. The summed E-state index contributed by atoms with van der Waals surface area (Å²) in [6, 6.07) is 10.5. The summed E-state index contributed by atoms with van der Waals surface area (Å²) in [5.41, 5.74) is 1.58. The maximum Gasteiger partial charge on any atom is 0.309 e. The van der Waals surface area contributed by atoms with Crippen LogP contribution in [-0.2, 0) is 27.2 Å². The number of hydrogen-bond donors (Lipinski definition) is 1. The summed E-state index contributed by atoms with van der Waals surface area (Å²) in [7, 11) is 1.37. The largest absolute Gasteiger partial charge is 0.481 e. The van der Waals surface area contributed by atoms with Gasteiger partial charge in [-0.05, 0) is 35.4 Å². The number of benzene rings is 2. The summed E-state index contributed by atoms with van der Waals surface area (Å²) in [5, 5.41) is 8.54. The molecule has 8 heteroatoms. The number of esters is 1. The molecule has 0 aliphatic carbocycles. The van der Waals surface area contributed by atoms with Gasteiger partial charge in [-0.3, -0.25) is 9.59 Å². The van der Waals surface area contributed by atoms with Crippen molar-refractivity contribution in [2.24, 2.45) is 0 Å². The quantitative estimate of drug-likeness (QED) is 0.813. The zero-order chi connectivity index (χ0) is 19.2. The van der Waals surface area contributed by atoms with Gasteiger partial charge in [-0.25, -0.2) is 0 Å². The molecule has 27 heavy (non-hydrogen) atoms. The maximum absolute atomic E-state index is 11.0. The molecule has 8 nitrogen and oxygen atoms in total. The summed E-state index contributed by atoms with van der Waals surface area (Å²) in [6.45, 7) is 0.461. The Balaban J connectivity index is 0.000000156. The lowest BCUT2D eigenvalue weighted by Crippen LogP contribution is -2.04. The number of carboxylic acid groups (broad SMARTS) is 1. The Labute approximate surface area is 155 Å². The van der Waals surface area contributed by atoms with E-state index in [0.717, 1.165) is 16.9 Å². The van der Waals surface area contributed by atoms with Crippen LogP contribution in [0.4, 0.5) is 0 Å². The highest BCUT2D eigenvalue weighted by Gasteiger charge is 2.15. The summed E-state index contributed by atoms with van der Waals surface area (Å²) in [6.07, 6.45) is 0.268.